The topological polar surface area (TPSA) is 65.1 Å². The number of amides is 1. The van der Waals surface area contributed by atoms with Gasteiger partial charge < -0.3 is 15.4 Å². The quantitative estimate of drug-likeness (QED) is 0.809. The number of hydrogen-bond acceptors (Lipinski definition) is 2. The maximum atomic E-state index is 12.6. The molecule has 2 aliphatic carbocycles. The zero-order valence-electron chi connectivity index (χ0n) is 11.9. The third-order valence-corrected chi connectivity index (χ3v) is 5.44. The van der Waals surface area contributed by atoms with Gasteiger partial charge in [-0.15, -0.1) is 0 Å². The highest BCUT2D eigenvalue weighted by Gasteiger charge is 2.47. The molecule has 1 amide bonds. The summed E-state index contributed by atoms with van der Waals surface area (Å²) in [6, 6.07) is 7.81. The normalized spacial score (nSPS) is 30.9. The van der Waals surface area contributed by atoms with Gasteiger partial charge in [-0.3, -0.25) is 4.79 Å². The summed E-state index contributed by atoms with van der Waals surface area (Å²) >= 11 is 0. The monoisotopic (exact) mass is 284 g/mol. The Balaban J connectivity index is 1.60. The first-order chi connectivity index (χ1) is 10.3. The van der Waals surface area contributed by atoms with Crippen molar-refractivity contribution in [3.8, 4) is 0 Å². The summed E-state index contributed by atoms with van der Waals surface area (Å²) < 4.78 is 0. The molecule has 0 saturated heterocycles. The van der Waals surface area contributed by atoms with Crippen molar-refractivity contribution in [1.29, 1.82) is 0 Å². The van der Waals surface area contributed by atoms with E-state index in [-0.39, 0.29) is 24.5 Å². The standard InChI is InChI=1S/C17H20N2O2/c20-9-14-10-4-5-11(8-10)16(14)19-17(21)13-2-1-3-15-12(13)6-7-18-15/h1-3,6-7,10-11,14,16,18,20H,4-5,8-9H2,(H,19,21). The van der Waals surface area contributed by atoms with Gasteiger partial charge in [-0.2, -0.15) is 0 Å². The molecule has 2 fully saturated rings. The lowest BCUT2D eigenvalue weighted by atomic mass is 9.85. The third kappa shape index (κ3) is 1.97. The van der Waals surface area contributed by atoms with Gasteiger partial charge in [0, 0.05) is 41.2 Å². The van der Waals surface area contributed by atoms with Gasteiger partial charge >= 0.3 is 0 Å². The van der Waals surface area contributed by atoms with Crippen molar-refractivity contribution in [2.45, 2.75) is 25.3 Å². The number of aromatic nitrogens is 1. The molecule has 2 aliphatic rings. The lowest BCUT2D eigenvalue weighted by molar-refractivity contribution is 0.0863. The van der Waals surface area contributed by atoms with Crippen LogP contribution in [-0.4, -0.2) is 28.6 Å². The van der Waals surface area contributed by atoms with E-state index < -0.39 is 0 Å². The minimum absolute atomic E-state index is 0.0174. The highest BCUT2D eigenvalue weighted by atomic mass is 16.3. The summed E-state index contributed by atoms with van der Waals surface area (Å²) in [6.07, 6.45) is 5.40. The van der Waals surface area contributed by atoms with Gasteiger partial charge in [-0.1, -0.05) is 6.07 Å². The summed E-state index contributed by atoms with van der Waals surface area (Å²) in [5, 5.41) is 13.8. The maximum Gasteiger partial charge on any atom is 0.252 e. The van der Waals surface area contributed by atoms with Gasteiger partial charge in [0.15, 0.2) is 0 Å². The number of nitrogens with one attached hydrogen (secondary N) is 2. The second-order valence-electron chi connectivity index (χ2n) is 6.42. The average molecular weight is 284 g/mol. The molecule has 1 aromatic carbocycles. The fraction of sp³-hybridized carbons (Fsp3) is 0.471. The van der Waals surface area contributed by atoms with E-state index in [2.05, 4.69) is 10.3 Å². The molecule has 110 valence electrons. The van der Waals surface area contributed by atoms with Crippen molar-refractivity contribution in [2.24, 2.45) is 17.8 Å². The van der Waals surface area contributed by atoms with Crippen molar-refractivity contribution < 1.29 is 9.90 Å². The lowest BCUT2D eigenvalue weighted by Crippen LogP contribution is -2.45. The SMILES string of the molecule is O=C(NC1C2CCC(C2)C1CO)c1cccc2[nH]ccc12. The van der Waals surface area contributed by atoms with Gasteiger partial charge in [0.25, 0.3) is 5.91 Å². The lowest BCUT2D eigenvalue weighted by Gasteiger charge is -2.30. The van der Waals surface area contributed by atoms with Crippen molar-refractivity contribution in [2.75, 3.05) is 6.61 Å². The van der Waals surface area contributed by atoms with Gasteiger partial charge in [0.05, 0.1) is 0 Å². The van der Waals surface area contributed by atoms with Crippen LogP contribution in [-0.2, 0) is 0 Å². The Labute approximate surface area is 123 Å². The minimum Gasteiger partial charge on any atom is -0.396 e. The summed E-state index contributed by atoms with van der Waals surface area (Å²) in [7, 11) is 0. The summed E-state index contributed by atoms with van der Waals surface area (Å²) in [6.45, 7) is 0.181. The molecule has 0 radical (unpaired) electrons. The van der Waals surface area contributed by atoms with Crippen LogP contribution < -0.4 is 5.32 Å². The Morgan fingerprint density at radius 3 is 3.00 bits per heavy atom. The molecule has 2 saturated carbocycles. The second kappa shape index (κ2) is 4.88. The maximum absolute atomic E-state index is 12.6. The molecular formula is C17H20N2O2. The fourth-order valence-electron chi connectivity index (χ4n) is 4.41. The highest BCUT2D eigenvalue weighted by Crippen LogP contribution is 2.48. The summed E-state index contributed by atoms with van der Waals surface area (Å²) in [5.74, 6) is 1.35. The molecule has 4 unspecified atom stereocenters. The van der Waals surface area contributed by atoms with Gasteiger partial charge in [-0.05, 0) is 49.3 Å². The third-order valence-electron chi connectivity index (χ3n) is 5.44. The molecule has 21 heavy (non-hydrogen) atoms. The largest absolute Gasteiger partial charge is 0.396 e. The van der Waals surface area contributed by atoms with E-state index in [4.69, 9.17) is 0 Å². The van der Waals surface area contributed by atoms with Crippen LogP contribution in [0, 0.1) is 17.8 Å². The van der Waals surface area contributed by atoms with Crippen LogP contribution in [0.4, 0.5) is 0 Å². The Morgan fingerprint density at radius 1 is 1.29 bits per heavy atom. The number of aliphatic hydroxyl groups is 1. The number of aromatic amines is 1. The van der Waals surface area contributed by atoms with Gasteiger partial charge in [0.1, 0.15) is 0 Å². The molecule has 2 bridgehead atoms. The van der Waals surface area contributed by atoms with Crippen LogP contribution in [0.25, 0.3) is 10.9 Å². The Hall–Kier alpha value is -1.81. The van der Waals surface area contributed by atoms with Crippen molar-refractivity contribution in [3.05, 3.63) is 36.0 Å². The molecule has 4 atom stereocenters. The molecule has 4 nitrogen and oxygen atoms in total. The molecule has 1 heterocycles. The van der Waals surface area contributed by atoms with E-state index in [0.29, 0.717) is 17.4 Å². The second-order valence-corrected chi connectivity index (χ2v) is 6.42. The van der Waals surface area contributed by atoms with Crippen molar-refractivity contribution in [3.63, 3.8) is 0 Å². The fourth-order valence-corrected chi connectivity index (χ4v) is 4.41. The van der Waals surface area contributed by atoms with Crippen LogP contribution in [0.5, 0.6) is 0 Å². The van der Waals surface area contributed by atoms with E-state index >= 15 is 0 Å². The number of hydrogen-bond donors (Lipinski definition) is 3. The molecular weight excluding hydrogens is 264 g/mol. The first-order valence-electron chi connectivity index (χ1n) is 7.75. The van der Waals surface area contributed by atoms with E-state index in [0.717, 1.165) is 17.3 Å². The molecule has 1 aromatic heterocycles. The number of aliphatic hydroxyl groups excluding tert-OH is 1. The van der Waals surface area contributed by atoms with E-state index in [1.807, 2.05) is 30.5 Å². The molecule has 3 N–H and O–H groups in total. The average Bonchev–Trinajstić information content (AvgIpc) is 3.21. The van der Waals surface area contributed by atoms with Crippen LogP contribution in [0.2, 0.25) is 0 Å². The van der Waals surface area contributed by atoms with Crippen LogP contribution >= 0.6 is 0 Å². The number of benzene rings is 1. The van der Waals surface area contributed by atoms with Crippen LogP contribution in [0.15, 0.2) is 30.5 Å². The predicted octanol–water partition coefficient (Wildman–Crippen LogP) is 2.30. The van der Waals surface area contributed by atoms with Crippen LogP contribution in [0.1, 0.15) is 29.6 Å². The van der Waals surface area contributed by atoms with E-state index in [9.17, 15) is 9.90 Å². The number of rotatable bonds is 3. The first-order valence-corrected chi connectivity index (χ1v) is 7.75. The molecule has 0 spiro atoms. The van der Waals surface area contributed by atoms with E-state index in [1.54, 1.807) is 0 Å². The van der Waals surface area contributed by atoms with Gasteiger partial charge in [0.2, 0.25) is 0 Å². The highest BCUT2D eigenvalue weighted by molar-refractivity contribution is 6.06. The number of carbonyl (C=O) groups excluding carboxylic acids is 1. The smallest absolute Gasteiger partial charge is 0.252 e. The molecule has 4 heteroatoms. The molecule has 0 aliphatic heterocycles. The van der Waals surface area contributed by atoms with Gasteiger partial charge in [-0.25, -0.2) is 0 Å². The van der Waals surface area contributed by atoms with Crippen LogP contribution in [0.3, 0.4) is 0 Å². The first kappa shape index (κ1) is 12.9. The number of fused-ring (bicyclic) bond motifs is 3. The molecule has 2 aromatic rings. The minimum atomic E-state index is -0.0174. The number of H-pyrrole nitrogens is 1. The zero-order chi connectivity index (χ0) is 14.4. The Bertz CT molecular complexity index is 678. The Morgan fingerprint density at radius 2 is 2.14 bits per heavy atom. The summed E-state index contributed by atoms with van der Waals surface area (Å²) in [4.78, 5) is 15.8. The molecule has 4 rings (SSSR count). The van der Waals surface area contributed by atoms with Crippen molar-refractivity contribution >= 4 is 16.8 Å². The zero-order valence-corrected chi connectivity index (χ0v) is 11.9. The number of carbonyl (C=O) groups is 1. The summed E-state index contributed by atoms with van der Waals surface area (Å²) in [5.41, 5.74) is 1.70. The Kier molecular flexibility index (Phi) is 3.00. The van der Waals surface area contributed by atoms with E-state index in [1.165, 1.54) is 12.8 Å². The van der Waals surface area contributed by atoms with Crippen molar-refractivity contribution in [1.82, 2.24) is 10.3 Å². The predicted molar refractivity (Wildman–Crippen MR) is 81.0 cm³/mol.